The van der Waals surface area contributed by atoms with Gasteiger partial charge in [-0.3, -0.25) is 4.98 Å². The normalized spacial score (nSPS) is 13.4. The molecule has 4 nitrogen and oxygen atoms in total. The molecule has 0 amide bonds. The molecule has 0 aliphatic heterocycles. The summed E-state index contributed by atoms with van der Waals surface area (Å²) in [4.78, 5) is 8.98. The SMILES string of the molecule is Cc1cc(C(C)(O)c2scnc2C)c(C)o1.Cc1cscn1. The van der Waals surface area contributed by atoms with Crippen molar-refractivity contribution in [3.8, 4) is 0 Å². The highest BCUT2D eigenvalue weighted by Gasteiger charge is 2.32. The Morgan fingerprint density at radius 2 is 1.86 bits per heavy atom. The zero-order chi connectivity index (χ0) is 16.3. The Bertz CT molecular complexity index is 727. The molecule has 0 saturated carbocycles. The third-order valence-corrected chi connectivity index (χ3v) is 5.15. The second-order valence-corrected chi connectivity index (χ2v) is 6.87. The molecular weight excluding hydrogens is 316 g/mol. The fourth-order valence-corrected chi connectivity index (χ4v) is 3.70. The Balaban J connectivity index is 0.000000246. The van der Waals surface area contributed by atoms with Crippen molar-refractivity contribution in [3.05, 3.63) is 55.8 Å². The number of hydrogen-bond acceptors (Lipinski definition) is 6. The number of thiazole rings is 2. The quantitative estimate of drug-likeness (QED) is 0.755. The van der Waals surface area contributed by atoms with Crippen molar-refractivity contribution >= 4 is 22.7 Å². The van der Waals surface area contributed by atoms with Gasteiger partial charge in [0.1, 0.15) is 17.1 Å². The lowest BCUT2D eigenvalue weighted by molar-refractivity contribution is 0.104. The molecular formula is C16H20N2O2S2. The first-order chi connectivity index (χ1) is 10.3. The Morgan fingerprint density at radius 3 is 2.23 bits per heavy atom. The summed E-state index contributed by atoms with van der Waals surface area (Å²) in [6.45, 7) is 9.42. The molecule has 0 aliphatic rings. The number of hydrogen-bond donors (Lipinski definition) is 1. The van der Waals surface area contributed by atoms with Crippen molar-refractivity contribution in [2.75, 3.05) is 0 Å². The van der Waals surface area contributed by atoms with Crippen LogP contribution in [0.25, 0.3) is 0 Å². The van der Waals surface area contributed by atoms with Gasteiger partial charge in [0.25, 0.3) is 0 Å². The average Bonchev–Trinajstić information content (AvgIpc) is 3.13. The van der Waals surface area contributed by atoms with E-state index in [0.29, 0.717) is 0 Å². The van der Waals surface area contributed by atoms with Crippen molar-refractivity contribution in [3.63, 3.8) is 0 Å². The Kier molecular flexibility index (Phi) is 5.16. The van der Waals surface area contributed by atoms with E-state index in [1.165, 1.54) is 11.3 Å². The summed E-state index contributed by atoms with van der Waals surface area (Å²) in [7, 11) is 0. The molecule has 3 heterocycles. The van der Waals surface area contributed by atoms with Gasteiger partial charge < -0.3 is 9.52 Å². The molecule has 3 aromatic heterocycles. The Morgan fingerprint density at radius 1 is 1.14 bits per heavy atom. The van der Waals surface area contributed by atoms with Crippen LogP contribution >= 0.6 is 22.7 Å². The summed E-state index contributed by atoms with van der Waals surface area (Å²) in [6.07, 6.45) is 0. The van der Waals surface area contributed by atoms with Crippen LogP contribution in [0.15, 0.2) is 26.9 Å². The zero-order valence-corrected chi connectivity index (χ0v) is 15.0. The number of aryl methyl sites for hydroxylation is 4. The number of aliphatic hydroxyl groups is 1. The molecule has 3 rings (SSSR count). The topological polar surface area (TPSA) is 59.2 Å². The van der Waals surface area contributed by atoms with Crippen LogP contribution in [0, 0.1) is 27.7 Å². The average molecular weight is 336 g/mol. The highest BCUT2D eigenvalue weighted by Crippen LogP contribution is 2.36. The van der Waals surface area contributed by atoms with Gasteiger partial charge in [-0.25, -0.2) is 4.98 Å². The van der Waals surface area contributed by atoms with Crippen molar-refractivity contribution in [2.45, 2.75) is 40.2 Å². The lowest BCUT2D eigenvalue weighted by atomic mass is 9.93. The van der Waals surface area contributed by atoms with Gasteiger partial charge in [0.15, 0.2) is 0 Å². The maximum Gasteiger partial charge on any atom is 0.126 e. The highest BCUT2D eigenvalue weighted by atomic mass is 32.1. The standard InChI is InChI=1S/C12H15NO2S.C4H5NS/c1-7-5-10(9(3)15-7)12(4,14)11-8(2)13-6-16-11;1-4-2-6-3-5-4/h5-6,14H,1-4H3;2-3H,1H3. The van der Waals surface area contributed by atoms with Crippen molar-refractivity contribution in [2.24, 2.45) is 0 Å². The first-order valence-corrected chi connectivity index (χ1v) is 8.70. The van der Waals surface area contributed by atoms with Gasteiger partial charge in [0.2, 0.25) is 0 Å². The van der Waals surface area contributed by atoms with Gasteiger partial charge in [-0.05, 0) is 40.7 Å². The minimum atomic E-state index is -1.02. The number of nitrogens with zero attached hydrogens (tertiary/aromatic N) is 2. The summed E-state index contributed by atoms with van der Waals surface area (Å²) in [6, 6.07) is 1.88. The van der Waals surface area contributed by atoms with Crippen molar-refractivity contribution < 1.29 is 9.52 Å². The Hall–Kier alpha value is -1.50. The fourth-order valence-electron chi connectivity index (χ4n) is 2.28. The van der Waals surface area contributed by atoms with E-state index in [1.807, 2.05) is 44.7 Å². The first-order valence-electron chi connectivity index (χ1n) is 6.87. The van der Waals surface area contributed by atoms with Crippen LogP contribution < -0.4 is 0 Å². The van der Waals surface area contributed by atoms with Gasteiger partial charge in [0.05, 0.1) is 21.6 Å². The summed E-state index contributed by atoms with van der Waals surface area (Å²) in [5, 5.41) is 12.6. The minimum absolute atomic E-state index is 0.760. The molecule has 6 heteroatoms. The molecule has 1 unspecified atom stereocenters. The van der Waals surface area contributed by atoms with E-state index < -0.39 is 5.60 Å². The van der Waals surface area contributed by atoms with Crippen LogP contribution in [-0.2, 0) is 5.60 Å². The molecule has 118 valence electrons. The van der Waals surface area contributed by atoms with Gasteiger partial charge >= 0.3 is 0 Å². The van der Waals surface area contributed by atoms with Crippen molar-refractivity contribution in [1.29, 1.82) is 0 Å². The predicted molar refractivity (Wildman–Crippen MR) is 90.6 cm³/mol. The number of rotatable bonds is 2. The van der Waals surface area contributed by atoms with E-state index in [-0.39, 0.29) is 0 Å². The molecule has 0 bridgehead atoms. The Labute approximate surface area is 138 Å². The van der Waals surface area contributed by atoms with Crippen molar-refractivity contribution in [1.82, 2.24) is 9.97 Å². The third-order valence-electron chi connectivity index (χ3n) is 3.31. The largest absolute Gasteiger partial charge is 0.466 e. The molecule has 22 heavy (non-hydrogen) atoms. The van der Waals surface area contributed by atoms with Gasteiger partial charge in [0, 0.05) is 16.6 Å². The molecule has 3 aromatic rings. The molecule has 0 fully saturated rings. The molecule has 0 aliphatic carbocycles. The van der Waals surface area contributed by atoms with Gasteiger partial charge in [-0.2, -0.15) is 0 Å². The maximum absolute atomic E-state index is 10.6. The van der Waals surface area contributed by atoms with Crippen LogP contribution in [0.1, 0.15) is 40.3 Å². The van der Waals surface area contributed by atoms with E-state index in [4.69, 9.17) is 4.42 Å². The predicted octanol–water partition coefficient (Wildman–Crippen LogP) is 4.37. The molecule has 1 N–H and O–H groups in total. The molecule has 0 spiro atoms. The van der Waals surface area contributed by atoms with E-state index in [9.17, 15) is 5.11 Å². The van der Waals surface area contributed by atoms with Crippen LogP contribution in [-0.4, -0.2) is 15.1 Å². The summed E-state index contributed by atoms with van der Waals surface area (Å²) < 4.78 is 5.46. The molecule has 0 aromatic carbocycles. The fraction of sp³-hybridized carbons (Fsp3) is 0.375. The van der Waals surface area contributed by atoms with Gasteiger partial charge in [-0.15, -0.1) is 22.7 Å². The third kappa shape index (κ3) is 3.63. The van der Waals surface area contributed by atoms with Gasteiger partial charge in [-0.1, -0.05) is 0 Å². The number of furan rings is 1. The molecule has 1 atom stereocenters. The second kappa shape index (κ2) is 6.73. The summed E-state index contributed by atoms with van der Waals surface area (Å²) in [5.41, 5.74) is 5.36. The van der Waals surface area contributed by atoms with Crippen LogP contribution in [0.5, 0.6) is 0 Å². The highest BCUT2D eigenvalue weighted by molar-refractivity contribution is 7.10. The van der Waals surface area contributed by atoms with Crippen LogP contribution in [0.4, 0.5) is 0 Å². The van der Waals surface area contributed by atoms with Crippen LogP contribution in [0.3, 0.4) is 0 Å². The lowest BCUT2D eigenvalue weighted by Gasteiger charge is -2.21. The summed E-state index contributed by atoms with van der Waals surface area (Å²) >= 11 is 3.09. The maximum atomic E-state index is 10.6. The van der Waals surface area contributed by atoms with E-state index in [0.717, 1.165) is 33.3 Å². The number of aromatic nitrogens is 2. The second-order valence-electron chi connectivity index (χ2n) is 5.30. The lowest BCUT2D eigenvalue weighted by Crippen LogP contribution is -2.22. The van der Waals surface area contributed by atoms with Crippen LogP contribution in [0.2, 0.25) is 0 Å². The smallest absolute Gasteiger partial charge is 0.126 e. The van der Waals surface area contributed by atoms with E-state index in [1.54, 1.807) is 23.8 Å². The molecule has 0 saturated heterocycles. The van der Waals surface area contributed by atoms with E-state index >= 15 is 0 Å². The molecule has 0 radical (unpaired) electrons. The van der Waals surface area contributed by atoms with E-state index in [2.05, 4.69) is 9.97 Å². The first kappa shape index (κ1) is 16.9. The monoisotopic (exact) mass is 336 g/mol. The summed E-state index contributed by atoms with van der Waals surface area (Å²) in [5.74, 6) is 1.57. The zero-order valence-electron chi connectivity index (χ0n) is 13.4. The minimum Gasteiger partial charge on any atom is -0.466 e.